The number of aromatic hydroxyl groups is 1. The standard InChI is InChI=1S/C17H25NO2S/c1-3-7-18-10-13(11-21-2)20-17-9-14-12(8-15(17)18)5-4-6-16(14)19/h4-6,13,15,17,19H,3,7-11H2,1-2H3/t13-,15-,17-/m1/s1. The van der Waals surface area contributed by atoms with Crippen LogP contribution < -0.4 is 0 Å². The molecule has 1 aliphatic heterocycles. The summed E-state index contributed by atoms with van der Waals surface area (Å²) in [6, 6.07) is 6.38. The van der Waals surface area contributed by atoms with E-state index in [1.165, 1.54) is 12.0 Å². The van der Waals surface area contributed by atoms with Crippen molar-refractivity contribution in [3.8, 4) is 5.75 Å². The topological polar surface area (TPSA) is 32.7 Å². The molecule has 0 radical (unpaired) electrons. The first-order chi connectivity index (χ1) is 10.2. The molecule has 3 rings (SSSR count). The van der Waals surface area contributed by atoms with Gasteiger partial charge in [-0.25, -0.2) is 0 Å². The molecule has 4 heteroatoms. The van der Waals surface area contributed by atoms with Crippen molar-refractivity contribution in [1.29, 1.82) is 0 Å². The Hall–Kier alpha value is -0.710. The van der Waals surface area contributed by atoms with Crippen LogP contribution in [0.4, 0.5) is 0 Å². The van der Waals surface area contributed by atoms with Crippen LogP contribution in [0.25, 0.3) is 0 Å². The number of rotatable bonds is 4. The summed E-state index contributed by atoms with van der Waals surface area (Å²) >= 11 is 1.86. The fourth-order valence-electron chi connectivity index (χ4n) is 3.75. The van der Waals surface area contributed by atoms with E-state index in [1.807, 2.05) is 17.8 Å². The van der Waals surface area contributed by atoms with Crippen molar-refractivity contribution in [2.75, 3.05) is 25.1 Å². The lowest BCUT2D eigenvalue weighted by molar-refractivity contribution is -0.113. The summed E-state index contributed by atoms with van der Waals surface area (Å²) in [4.78, 5) is 2.61. The molecule has 0 spiro atoms. The quantitative estimate of drug-likeness (QED) is 0.927. The lowest BCUT2D eigenvalue weighted by Crippen LogP contribution is -2.58. The molecule has 2 aliphatic rings. The van der Waals surface area contributed by atoms with Crippen LogP contribution in [0.5, 0.6) is 5.75 Å². The van der Waals surface area contributed by atoms with Gasteiger partial charge in [-0.3, -0.25) is 4.90 Å². The molecule has 1 fully saturated rings. The van der Waals surface area contributed by atoms with Crippen LogP contribution in [-0.4, -0.2) is 53.4 Å². The summed E-state index contributed by atoms with van der Waals surface area (Å²) < 4.78 is 6.35. The number of morpholine rings is 1. The summed E-state index contributed by atoms with van der Waals surface area (Å²) in [6.07, 6.45) is 5.71. The molecule has 1 N–H and O–H groups in total. The summed E-state index contributed by atoms with van der Waals surface area (Å²) in [5, 5.41) is 10.1. The highest BCUT2D eigenvalue weighted by Gasteiger charge is 2.40. The number of hydrogen-bond donors (Lipinski definition) is 1. The normalized spacial score (nSPS) is 29.0. The second-order valence-corrected chi connectivity index (χ2v) is 7.05. The monoisotopic (exact) mass is 307 g/mol. The molecular weight excluding hydrogens is 282 g/mol. The van der Waals surface area contributed by atoms with Crippen molar-refractivity contribution in [3.05, 3.63) is 29.3 Å². The zero-order valence-electron chi connectivity index (χ0n) is 12.9. The van der Waals surface area contributed by atoms with E-state index in [-0.39, 0.29) is 6.10 Å². The minimum Gasteiger partial charge on any atom is -0.508 e. The Kier molecular flexibility index (Phi) is 4.77. The van der Waals surface area contributed by atoms with E-state index in [2.05, 4.69) is 24.1 Å². The lowest BCUT2D eigenvalue weighted by atomic mass is 9.83. The second kappa shape index (κ2) is 6.59. The van der Waals surface area contributed by atoms with Gasteiger partial charge in [0, 0.05) is 24.8 Å². The third-order valence-corrected chi connectivity index (χ3v) is 5.35. The predicted molar refractivity (Wildman–Crippen MR) is 88.2 cm³/mol. The van der Waals surface area contributed by atoms with E-state index >= 15 is 0 Å². The smallest absolute Gasteiger partial charge is 0.119 e. The van der Waals surface area contributed by atoms with Crippen molar-refractivity contribution in [1.82, 2.24) is 4.90 Å². The highest BCUT2D eigenvalue weighted by molar-refractivity contribution is 7.98. The van der Waals surface area contributed by atoms with Gasteiger partial charge >= 0.3 is 0 Å². The summed E-state index contributed by atoms with van der Waals surface area (Å²) in [5.74, 6) is 1.49. The molecule has 1 aromatic rings. The van der Waals surface area contributed by atoms with Gasteiger partial charge in [0.2, 0.25) is 0 Å². The molecule has 3 atom stereocenters. The highest BCUT2D eigenvalue weighted by Crippen LogP contribution is 2.35. The van der Waals surface area contributed by atoms with Crippen LogP contribution in [-0.2, 0) is 17.6 Å². The summed E-state index contributed by atoms with van der Waals surface area (Å²) in [7, 11) is 0. The average Bonchev–Trinajstić information content (AvgIpc) is 2.47. The van der Waals surface area contributed by atoms with Gasteiger partial charge in [-0.1, -0.05) is 19.1 Å². The third kappa shape index (κ3) is 3.08. The maximum absolute atomic E-state index is 10.1. The van der Waals surface area contributed by atoms with E-state index in [1.54, 1.807) is 6.07 Å². The number of benzene rings is 1. The molecule has 3 nitrogen and oxygen atoms in total. The van der Waals surface area contributed by atoms with Crippen molar-refractivity contribution in [2.45, 2.75) is 44.4 Å². The predicted octanol–water partition coefficient (Wildman–Crippen LogP) is 2.70. The molecule has 116 valence electrons. The number of phenols is 1. The van der Waals surface area contributed by atoms with Crippen molar-refractivity contribution in [3.63, 3.8) is 0 Å². The van der Waals surface area contributed by atoms with Gasteiger partial charge in [0.25, 0.3) is 0 Å². The van der Waals surface area contributed by atoms with E-state index in [9.17, 15) is 5.11 Å². The van der Waals surface area contributed by atoms with E-state index in [4.69, 9.17) is 4.74 Å². The number of ether oxygens (including phenoxy) is 1. The van der Waals surface area contributed by atoms with Crippen LogP contribution in [0.15, 0.2) is 18.2 Å². The Morgan fingerprint density at radius 3 is 3.00 bits per heavy atom. The second-order valence-electron chi connectivity index (χ2n) is 6.14. The Labute approximate surface area is 131 Å². The van der Waals surface area contributed by atoms with E-state index in [0.29, 0.717) is 17.9 Å². The van der Waals surface area contributed by atoms with Crippen LogP contribution in [0, 0.1) is 0 Å². The molecule has 1 heterocycles. The van der Waals surface area contributed by atoms with E-state index < -0.39 is 0 Å². The third-order valence-electron chi connectivity index (χ3n) is 4.65. The molecular formula is C17H25NO2S. The zero-order valence-corrected chi connectivity index (χ0v) is 13.7. The Balaban J connectivity index is 1.84. The highest BCUT2D eigenvalue weighted by atomic mass is 32.2. The van der Waals surface area contributed by atoms with Gasteiger partial charge < -0.3 is 9.84 Å². The average molecular weight is 307 g/mol. The molecule has 1 aliphatic carbocycles. The molecule has 21 heavy (non-hydrogen) atoms. The fraction of sp³-hybridized carbons (Fsp3) is 0.647. The largest absolute Gasteiger partial charge is 0.508 e. The van der Waals surface area contributed by atoms with Gasteiger partial charge in [-0.05, 0) is 42.8 Å². The first kappa shape index (κ1) is 15.2. The Morgan fingerprint density at radius 2 is 2.24 bits per heavy atom. The van der Waals surface area contributed by atoms with Gasteiger partial charge in [-0.2, -0.15) is 11.8 Å². The van der Waals surface area contributed by atoms with Crippen molar-refractivity contribution >= 4 is 11.8 Å². The number of fused-ring (bicyclic) bond motifs is 2. The molecule has 0 aromatic heterocycles. The van der Waals surface area contributed by atoms with E-state index in [0.717, 1.165) is 37.2 Å². The molecule has 0 amide bonds. The van der Waals surface area contributed by atoms with Crippen molar-refractivity contribution in [2.24, 2.45) is 0 Å². The first-order valence-corrected chi connectivity index (χ1v) is 9.30. The van der Waals surface area contributed by atoms with Gasteiger partial charge in [-0.15, -0.1) is 0 Å². The maximum atomic E-state index is 10.1. The van der Waals surface area contributed by atoms with Crippen LogP contribution in [0.3, 0.4) is 0 Å². The van der Waals surface area contributed by atoms with Crippen LogP contribution in [0.2, 0.25) is 0 Å². The minimum absolute atomic E-state index is 0.225. The zero-order chi connectivity index (χ0) is 14.8. The molecule has 1 saturated heterocycles. The molecule has 0 saturated carbocycles. The van der Waals surface area contributed by atoms with Gasteiger partial charge in [0.05, 0.1) is 12.2 Å². The maximum Gasteiger partial charge on any atom is 0.119 e. The van der Waals surface area contributed by atoms with Crippen molar-refractivity contribution < 1.29 is 9.84 Å². The summed E-state index contributed by atoms with van der Waals surface area (Å²) in [5.41, 5.74) is 2.39. The summed E-state index contributed by atoms with van der Waals surface area (Å²) in [6.45, 7) is 4.43. The van der Waals surface area contributed by atoms with Crippen LogP contribution in [0.1, 0.15) is 24.5 Å². The molecule has 0 unspecified atom stereocenters. The first-order valence-electron chi connectivity index (χ1n) is 7.91. The molecule has 0 bridgehead atoms. The SMILES string of the molecule is CCCN1C[C@H](CSC)O[C@@H]2Cc3c(O)cccc3C[C@H]21. The van der Waals surface area contributed by atoms with Crippen LogP contribution >= 0.6 is 11.8 Å². The van der Waals surface area contributed by atoms with Gasteiger partial charge in [0.1, 0.15) is 5.75 Å². The Morgan fingerprint density at radius 1 is 1.38 bits per heavy atom. The number of nitrogens with zero attached hydrogens (tertiary/aromatic N) is 1. The Bertz CT molecular complexity index is 494. The number of thioether (sulfide) groups is 1. The van der Waals surface area contributed by atoms with Gasteiger partial charge in [0.15, 0.2) is 0 Å². The lowest BCUT2D eigenvalue weighted by Gasteiger charge is -2.47. The minimum atomic E-state index is 0.225. The number of hydrogen-bond acceptors (Lipinski definition) is 4. The molecule has 1 aromatic carbocycles. The fourth-order valence-corrected chi connectivity index (χ4v) is 4.31. The number of phenolic OH excluding ortho intramolecular Hbond substituents is 1.